The first kappa shape index (κ1) is 18.9. The van der Waals surface area contributed by atoms with Gasteiger partial charge in [0.15, 0.2) is 11.6 Å². The van der Waals surface area contributed by atoms with E-state index >= 15 is 0 Å². The van der Waals surface area contributed by atoms with Crippen molar-refractivity contribution < 1.29 is 5.11 Å². The summed E-state index contributed by atoms with van der Waals surface area (Å²) < 4.78 is 0. The molecule has 0 spiro atoms. The zero-order chi connectivity index (χ0) is 18.2. The van der Waals surface area contributed by atoms with Gasteiger partial charge >= 0.3 is 0 Å². The summed E-state index contributed by atoms with van der Waals surface area (Å²) in [5.41, 5.74) is 1.30. The minimum absolute atomic E-state index is 0.366. The Labute approximate surface area is 148 Å². The van der Waals surface area contributed by atoms with Gasteiger partial charge in [0, 0.05) is 26.2 Å². The van der Waals surface area contributed by atoms with Gasteiger partial charge < -0.3 is 26.4 Å². The van der Waals surface area contributed by atoms with Gasteiger partial charge in [-0.15, -0.1) is 0 Å². The lowest BCUT2D eigenvalue weighted by atomic mass is 10.3. The molecule has 0 aliphatic carbocycles. The van der Waals surface area contributed by atoms with Crippen LogP contribution in [0.1, 0.15) is 34.1 Å². The molecule has 2 aromatic rings. The van der Waals surface area contributed by atoms with Crippen LogP contribution in [0.15, 0.2) is 0 Å². The molecule has 0 aromatic carbocycles. The van der Waals surface area contributed by atoms with E-state index in [1.165, 1.54) is 0 Å². The van der Waals surface area contributed by atoms with Crippen LogP contribution in [0.25, 0.3) is 11.0 Å². The minimum Gasteiger partial charge on any atom is -0.392 e. The zero-order valence-electron chi connectivity index (χ0n) is 15.3. The van der Waals surface area contributed by atoms with E-state index in [4.69, 9.17) is 0 Å². The summed E-state index contributed by atoms with van der Waals surface area (Å²) >= 11 is 0. The predicted octanol–water partition coefficient (Wildman–Crippen LogP) is 1.90. The SMILES string of the molecule is CCCNc1nc(NCC)c2nc(NCC(C)O)nc(NCC)c2n1. The summed E-state index contributed by atoms with van der Waals surface area (Å²) in [6, 6.07) is 0. The number of rotatable bonds is 10. The third-order valence-corrected chi connectivity index (χ3v) is 3.32. The molecule has 0 fully saturated rings. The van der Waals surface area contributed by atoms with Crippen molar-refractivity contribution in [3.8, 4) is 0 Å². The molecule has 9 heteroatoms. The number of aromatic nitrogens is 4. The molecule has 25 heavy (non-hydrogen) atoms. The van der Waals surface area contributed by atoms with Crippen LogP contribution in [0.3, 0.4) is 0 Å². The zero-order valence-corrected chi connectivity index (χ0v) is 15.3. The van der Waals surface area contributed by atoms with Crippen LogP contribution in [0.4, 0.5) is 23.5 Å². The van der Waals surface area contributed by atoms with Crippen LogP contribution in [-0.4, -0.2) is 57.3 Å². The van der Waals surface area contributed by atoms with Crippen molar-refractivity contribution in [3.63, 3.8) is 0 Å². The number of aliphatic hydroxyl groups excluding tert-OH is 1. The van der Waals surface area contributed by atoms with Crippen LogP contribution < -0.4 is 21.3 Å². The lowest BCUT2D eigenvalue weighted by Gasteiger charge is -2.14. The largest absolute Gasteiger partial charge is 0.392 e. The smallest absolute Gasteiger partial charge is 0.225 e. The van der Waals surface area contributed by atoms with E-state index in [-0.39, 0.29) is 0 Å². The maximum atomic E-state index is 9.48. The molecule has 9 nitrogen and oxygen atoms in total. The highest BCUT2D eigenvalue weighted by molar-refractivity contribution is 5.94. The minimum atomic E-state index is -0.494. The van der Waals surface area contributed by atoms with Crippen LogP contribution in [0.2, 0.25) is 0 Å². The fourth-order valence-corrected chi connectivity index (χ4v) is 2.23. The number of nitrogens with one attached hydrogen (secondary N) is 4. The highest BCUT2D eigenvalue weighted by Gasteiger charge is 2.15. The second-order valence-corrected chi connectivity index (χ2v) is 5.71. The third kappa shape index (κ3) is 5.02. The summed E-state index contributed by atoms with van der Waals surface area (Å²) in [7, 11) is 0. The van der Waals surface area contributed by atoms with Gasteiger partial charge in [-0.2, -0.15) is 9.97 Å². The number of aliphatic hydroxyl groups is 1. The first-order valence-corrected chi connectivity index (χ1v) is 8.82. The molecule has 0 saturated heterocycles. The van der Waals surface area contributed by atoms with E-state index in [2.05, 4.69) is 48.1 Å². The average molecular weight is 348 g/mol. The molecular weight excluding hydrogens is 320 g/mol. The van der Waals surface area contributed by atoms with Crippen molar-refractivity contribution in [2.75, 3.05) is 47.4 Å². The summed E-state index contributed by atoms with van der Waals surface area (Å²) in [4.78, 5) is 18.2. The van der Waals surface area contributed by atoms with Crippen molar-refractivity contribution in [1.82, 2.24) is 19.9 Å². The highest BCUT2D eigenvalue weighted by atomic mass is 16.3. The number of nitrogens with zero attached hydrogens (tertiary/aromatic N) is 4. The molecule has 0 bridgehead atoms. The molecule has 2 aromatic heterocycles. The molecule has 1 unspecified atom stereocenters. The van der Waals surface area contributed by atoms with Crippen molar-refractivity contribution in [1.29, 1.82) is 0 Å². The number of hydrogen-bond acceptors (Lipinski definition) is 9. The molecule has 2 rings (SSSR count). The molecule has 0 saturated carbocycles. The van der Waals surface area contributed by atoms with Gasteiger partial charge in [0.2, 0.25) is 11.9 Å². The standard InChI is InChI=1S/C16H28N8O/c1-5-8-19-15-21-11-12(13(23-15)17-6-2)22-16(20-9-10(4)25)24-14(11)18-7-3/h10,25H,5-9H2,1-4H3,(H2,17,19,21,23)(H2,18,20,22,24). The summed E-state index contributed by atoms with van der Waals surface area (Å²) in [6.07, 6.45) is 0.489. The van der Waals surface area contributed by atoms with Gasteiger partial charge in [0.25, 0.3) is 0 Å². The molecule has 0 amide bonds. The lowest BCUT2D eigenvalue weighted by molar-refractivity contribution is 0.208. The van der Waals surface area contributed by atoms with E-state index in [1.807, 2.05) is 13.8 Å². The van der Waals surface area contributed by atoms with Gasteiger partial charge in [0.1, 0.15) is 11.0 Å². The molecule has 5 N–H and O–H groups in total. The van der Waals surface area contributed by atoms with Gasteiger partial charge in [-0.25, -0.2) is 9.97 Å². The van der Waals surface area contributed by atoms with E-state index in [0.29, 0.717) is 47.7 Å². The fourth-order valence-electron chi connectivity index (χ4n) is 2.23. The monoisotopic (exact) mass is 348 g/mol. The molecule has 1 atom stereocenters. The second-order valence-electron chi connectivity index (χ2n) is 5.71. The molecule has 0 aliphatic rings. The Balaban J connectivity index is 2.53. The maximum Gasteiger partial charge on any atom is 0.225 e. The molecular formula is C16H28N8O. The van der Waals surface area contributed by atoms with Gasteiger partial charge in [-0.1, -0.05) is 6.92 Å². The first-order chi connectivity index (χ1) is 12.1. The first-order valence-electron chi connectivity index (χ1n) is 8.82. The van der Waals surface area contributed by atoms with E-state index in [1.54, 1.807) is 6.92 Å². The maximum absolute atomic E-state index is 9.48. The average Bonchev–Trinajstić information content (AvgIpc) is 2.59. The van der Waals surface area contributed by atoms with Gasteiger partial charge in [-0.3, -0.25) is 0 Å². The van der Waals surface area contributed by atoms with Crippen LogP contribution in [-0.2, 0) is 0 Å². The molecule has 138 valence electrons. The Morgan fingerprint density at radius 3 is 1.76 bits per heavy atom. The molecule has 0 aliphatic heterocycles. The quantitative estimate of drug-likeness (QED) is 0.438. The second kappa shape index (κ2) is 9.16. The number of anilines is 4. The fraction of sp³-hybridized carbons (Fsp3) is 0.625. The number of hydrogen-bond donors (Lipinski definition) is 5. The van der Waals surface area contributed by atoms with Gasteiger partial charge in [0.05, 0.1) is 6.10 Å². The Hall–Kier alpha value is -2.42. The van der Waals surface area contributed by atoms with E-state index in [9.17, 15) is 5.11 Å². The summed E-state index contributed by atoms with van der Waals surface area (Å²) in [5.74, 6) is 2.29. The summed E-state index contributed by atoms with van der Waals surface area (Å²) in [5, 5.41) is 22.2. The Morgan fingerprint density at radius 1 is 0.800 bits per heavy atom. The van der Waals surface area contributed by atoms with Gasteiger partial charge in [-0.05, 0) is 27.2 Å². The van der Waals surface area contributed by atoms with Crippen molar-refractivity contribution in [2.24, 2.45) is 0 Å². The van der Waals surface area contributed by atoms with Crippen molar-refractivity contribution >= 4 is 34.6 Å². The van der Waals surface area contributed by atoms with Crippen LogP contribution >= 0.6 is 0 Å². The van der Waals surface area contributed by atoms with Crippen LogP contribution in [0.5, 0.6) is 0 Å². The summed E-state index contributed by atoms with van der Waals surface area (Å²) in [6.45, 7) is 10.4. The normalized spacial score (nSPS) is 12.0. The predicted molar refractivity (Wildman–Crippen MR) is 102 cm³/mol. The number of fused-ring (bicyclic) bond motifs is 1. The Morgan fingerprint density at radius 2 is 1.32 bits per heavy atom. The lowest BCUT2D eigenvalue weighted by Crippen LogP contribution is -2.18. The van der Waals surface area contributed by atoms with Crippen molar-refractivity contribution in [3.05, 3.63) is 0 Å². The Kier molecular flexibility index (Phi) is 6.93. The molecule has 0 radical (unpaired) electrons. The van der Waals surface area contributed by atoms with E-state index in [0.717, 1.165) is 19.5 Å². The van der Waals surface area contributed by atoms with Crippen LogP contribution in [0, 0.1) is 0 Å². The topological polar surface area (TPSA) is 120 Å². The van der Waals surface area contributed by atoms with Crippen molar-refractivity contribution in [2.45, 2.75) is 40.2 Å². The molecule has 2 heterocycles. The highest BCUT2D eigenvalue weighted by Crippen LogP contribution is 2.26. The Bertz CT molecular complexity index is 691. The third-order valence-electron chi connectivity index (χ3n) is 3.32. The van der Waals surface area contributed by atoms with E-state index < -0.39 is 6.10 Å².